The molecule has 104 valence electrons. The van der Waals surface area contributed by atoms with Crippen LogP contribution in [0.15, 0.2) is 18.3 Å². The second kappa shape index (κ2) is 6.08. The fourth-order valence-corrected chi connectivity index (χ4v) is 2.15. The molecule has 0 amide bonds. The second-order valence-electron chi connectivity index (χ2n) is 4.94. The standard InChI is InChI=1S/C13H20FN5/c1-17-6-8-18(9-7-17)5-4-13(16)19-10-11(14)2-3-12(19)15/h2-3,10,15-16H,4-9H2,1H3. The Balaban J connectivity index is 1.91. The van der Waals surface area contributed by atoms with Crippen LogP contribution in [0, 0.1) is 16.6 Å². The molecule has 1 saturated heterocycles. The van der Waals surface area contributed by atoms with Crippen LogP contribution >= 0.6 is 0 Å². The summed E-state index contributed by atoms with van der Waals surface area (Å²) in [5, 5.41) is 15.6. The molecule has 5 nitrogen and oxygen atoms in total. The topological polar surface area (TPSA) is 59.1 Å². The highest BCUT2D eigenvalue weighted by Crippen LogP contribution is 2.01. The summed E-state index contributed by atoms with van der Waals surface area (Å²) >= 11 is 0. The SMILES string of the molecule is CN1CCN(CCC(=N)n2cc(F)ccc2=N)CC1. The number of halogens is 1. The number of nitrogens with one attached hydrogen (secondary N) is 2. The van der Waals surface area contributed by atoms with Crippen molar-refractivity contribution in [2.24, 2.45) is 0 Å². The number of aromatic nitrogens is 1. The van der Waals surface area contributed by atoms with Crippen LogP contribution < -0.4 is 5.49 Å². The lowest BCUT2D eigenvalue weighted by Gasteiger charge is -2.32. The normalized spacial score (nSPS) is 17.6. The van der Waals surface area contributed by atoms with Crippen molar-refractivity contribution < 1.29 is 4.39 Å². The summed E-state index contributed by atoms with van der Waals surface area (Å²) in [7, 11) is 2.11. The van der Waals surface area contributed by atoms with Crippen molar-refractivity contribution in [3.8, 4) is 0 Å². The predicted octanol–water partition coefficient (Wildman–Crippen LogP) is 0.570. The molecule has 1 fully saturated rings. The Hall–Kier alpha value is -1.53. The smallest absolute Gasteiger partial charge is 0.139 e. The van der Waals surface area contributed by atoms with Crippen molar-refractivity contribution in [1.82, 2.24) is 14.4 Å². The van der Waals surface area contributed by atoms with E-state index in [9.17, 15) is 4.39 Å². The van der Waals surface area contributed by atoms with E-state index < -0.39 is 5.82 Å². The van der Waals surface area contributed by atoms with Gasteiger partial charge in [0.05, 0.1) is 0 Å². The van der Waals surface area contributed by atoms with Crippen LogP contribution in [0.25, 0.3) is 0 Å². The highest BCUT2D eigenvalue weighted by Gasteiger charge is 2.14. The molecule has 0 saturated carbocycles. The summed E-state index contributed by atoms with van der Waals surface area (Å²) in [6.07, 6.45) is 1.73. The number of nitrogens with zero attached hydrogens (tertiary/aromatic N) is 3. The number of hydrogen-bond acceptors (Lipinski definition) is 4. The zero-order valence-electron chi connectivity index (χ0n) is 11.2. The first-order valence-electron chi connectivity index (χ1n) is 6.48. The Morgan fingerprint density at radius 3 is 2.63 bits per heavy atom. The molecule has 0 bridgehead atoms. The molecule has 0 aliphatic carbocycles. The Morgan fingerprint density at radius 2 is 1.95 bits per heavy atom. The van der Waals surface area contributed by atoms with E-state index in [-0.39, 0.29) is 11.3 Å². The molecule has 0 spiro atoms. The van der Waals surface area contributed by atoms with Crippen LogP contribution in [-0.4, -0.2) is 60.0 Å². The van der Waals surface area contributed by atoms with Crippen LogP contribution in [-0.2, 0) is 0 Å². The van der Waals surface area contributed by atoms with Gasteiger partial charge in [0.25, 0.3) is 0 Å². The van der Waals surface area contributed by atoms with Gasteiger partial charge < -0.3 is 9.80 Å². The summed E-state index contributed by atoms with van der Waals surface area (Å²) in [5.41, 5.74) is 0.143. The molecule has 2 rings (SSSR count). The van der Waals surface area contributed by atoms with E-state index in [1.54, 1.807) is 0 Å². The van der Waals surface area contributed by atoms with E-state index in [1.165, 1.54) is 22.9 Å². The minimum atomic E-state index is -0.416. The van der Waals surface area contributed by atoms with E-state index >= 15 is 0 Å². The van der Waals surface area contributed by atoms with Gasteiger partial charge in [0, 0.05) is 45.3 Å². The van der Waals surface area contributed by atoms with E-state index in [2.05, 4.69) is 16.8 Å². The third-order valence-corrected chi connectivity index (χ3v) is 3.46. The number of likely N-dealkylation sites (N-methyl/N-ethyl adjacent to an activating group) is 1. The lowest BCUT2D eigenvalue weighted by Crippen LogP contribution is -2.45. The maximum atomic E-state index is 13.1. The molecule has 1 aliphatic rings. The zero-order chi connectivity index (χ0) is 13.8. The maximum Gasteiger partial charge on any atom is 0.139 e. The Kier molecular flexibility index (Phi) is 4.44. The molecule has 1 aliphatic heterocycles. The van der Waals surface area contributed by atoms with E-state index in [0.29, 0.717) is 6.42 Å². The highest BCUT2D eigenvalue weighted by atomic mass is 19.1. The maximum absolute atomic E-state index is 13.1. The summed E-state index contributed by atoms with van der Waals surface area (Å²) in [6, 6.07) is 2.62. The van der Waals surface area contributed by atoms with Crippen LogP contribution in [0.1, 0.15) is 6.42 Å². The average molecular weight is 265 g/mol. The van der Waals surface area contributed by atoms with E-state index in [4.69, 9.17) is 10.8 Å². The van der Waals surface area contributed by atoms with Crippen molar-refractivity contribution in [1.29, 1.82) is 10.8 Å². The summed E-state index contributed by atoms with van der Waals surface area (Å²) in [5.74, 6) is -0.149. The fraction of sp³-hybridized carbons (Fsp3) is 0.538. The third kappa shape index (κ3) is 3.71. The van der Waals surface area contributed by atoms with Gasteiger partial charge >= 0.3 is 0 Å². The van der Waals surface area contributed by atoms with Crippen LogP contribution in [0.2, 0.25) is 0 Å². The molecular formula is C13H20FN5. The van der Waals surface area contributed by atoms with E-state index in [0.717, 1.165) is 32.7 Å². The van der Waals surface area contributed by atoms with Gasteiger partial charge in [0.2, 0.25) is 0 Å². The Labute approximate surface area is 112 Å². The lowest BCUT2D eigenvalue weighted by molar-refractivity contribution is 0.157. The van der Waals surface area contributed by atoms with Crippen molar-refractivity contribution in [2.75, 3.05) is 39.8 Å². The van der Waals surface area contributed by atoms with Crippen LogP contribution in [0.5, 0.6) is 0 Å². The molecule has 0 atom stereocenters. The minimum absolute atomic E-state index is 0.143. The second-order valence-corrected chi connectivity index (χ2v) is 4.94. The molecule has 2 heterocycles. The van der Waals surface area contributed by atoms with Gasteiger partial charge in [-0.2, -0.15) is 0 Å². The van der Waals surface area contributed by atoms with Crippen molar-refractivity contribution in [3.05, 3.63) is 29.6 Å². The van der Waals surface area contributed by atoms with Crippen LogP contribution in [0.3, 0.4) is 0 Å². The Morgan fingerprint density at radius 1 is 1.26 bits per heavy atom. The van der Waals surface area contributed by atoms with Gasteiger partial charge in [-0.05, 0) is 19.2 Å². The monoisotopic (exact) mass is 265 g/mol. The first-order chi connectivity index (χ1) is 9.06. The predicted molar refractivity (Wildman–Crippen MR) is 71.9 cm³/mol. The third-order valence-electron chi connectivity index (χ3n) is 3.46. The molecule has 6 heteroatoms. The van der Waals surface area contributed by atoms with Crippen LogP contribution in [0.4, 0.5) is 4.39 Å². The molecule has 1 aromatic heterocycles. The molecule has 0 aromatic carbocycles. The first-order valence-corrected chi connectivity index (χ1v) is 6.48. The number of hydrogen-bond donors (Lipinski definition) is 2. The molecule has 0 unspecified atom stereocenters. The molecular weight excluding hydrogens is 245 g/mol. The first kappa shape index (κ1) is 13.9. The minimum Gasteiger partial charge on any atom is -0.304 e. The van der Waals surface area contributed by atoms with E-state index in [1.807, 2.05) is 0 Å². The number of pyridine rings is 1. The summed E-state index contributed by atoms with van der Waals surface area (Å²) in [4.78, 5) is 4.59. The molecule has 1 aromatic rings. The largest absolute Gasteiger partial charge is 0.304 e. The quantitative estimate of drug-likeness (QED) is 0.620. The van der Waals surface area contributed by atoms with Gasteiger partial charge in [-0.25, -0.2) is 4.39 Å². The van der Waals surface area contributed by atoms with Gasteiger partial charge in [-0.3, -0.25) is 15.4 Å². The Bertz CT molecular complexity index is 502. The summed E-state index contributed by atoms with van der Waals surface area (Å²) < 4.78 is 14.4. The summed E-state index contributed by atoms with van der Waals surface area (Å²) in [6.45, 7) is 4.89. The van der Waals surface area contributed by atoms with Gasteiger partial charge in [-0.1, -0.05) is 0 Å². The van der Waals surface area contributed by atoms with Gasteiger partial charge in [-0.15, -0.1) is 0 Å². The van der Waals surface area contributed by atoms with Gasteiger partial charge in [0.1, 0.15) is 17.1 Å². The molecule has 0 radical (unpaired) electrons. The number of piperazine rings is 1. The highest BCUT2D eigenvalue weighted by molar-refractivity contribution is 5.81. The number of rotatable bonds is 3. The molecule has 2 N–H and O–H groups in total. The molecule has 19 heavy (non-hydrogen) atoms. The van der Waals surface area contributed by atoms with Crippen molar-refractivity contribution in [2.45, 2.75) is 6.42 Å². The van der Waals surface area contributed by atoms with Crippen molar-refractivity contribution >= 4 is 5.84 Å². The zero-order valence-corrected chi connectivity index (χ0v) is 11.2. The van der Waals surface area contributed by atoms with Crippen molar-refractivity contribution in [3.63, 3.8) is 0 Å². The lowest BCUT2D eigenvalue weighted by atomic mass is 10.3. The average Bonchev–Trinajstić information content (AvgIpc) is 2.40. The van der Waals surface area contributed by atoms with Gasteiger partial charge in [0.15, 0.2) is 0 Å². The fourth-order valence-electron chi connectivity index (χ4n) is 2.15.